The first kappa shape index (κ1) is 15.7. The first-order valence-electron chi connectivity index (χ1n) is 8.60. The minimum Gasteiger partial charge on any atom is -0.497 e. The molecule has 1 saturated heterocycles. The molecule has 5 nitrogen and oxygen atoms in total. The van der Waals surface area contributed by atoms with Crippen LogP contribution in [0.15, 0.2) is 54.9 Å². The monoisotopic (exact) mass is 335 g/mol. The Kier molecular flexibility index (Phi) is 4.14. The highest BCUT2D eigenvalue weighted by Crippen LogP contribution is 2.35. The molecule has 1 aromatic carbocycles. The summed E-state index contributed by atoms with van der Waals surface area (Å²) in [4.78, 5) is 19.1. The van der Waals surface area contributed by atoms with E-state index in [9.17, 15) is 4.79 Å². The highest BCUT2D eigenvalue weighted by Gasteiger charge is 2.33. The third-order valence-corrected chi connectivity index (χ3v) is 4.83. The largest absolute Gasteiger partial charge is 0.497 e. The number of ether oxygens (including phenoxy) is 1. The van der Waals surface area contributed by atoms with Crippen molar-refractivity contribution in [3.63, 3.8) is 0 Å². The molecule has 0 N–H and O–H groups in total. The van der Waals surface area contributed by atoms with Crippen LogP contribution in [0.4, 0.5) is 0 Å². The SMILES string of the molecule is COc1cccc([C@H]2CCN2C(=O)CCc2cn3ccccc3n2)c1. The van der Waals surface area contributed by atoms with Gasteiger partial charge in [0.05, 0.1) is 18.8 Å². The first-order valence-corrected chi connectivity index (χ1v) is 8.60. The number of hydrogen-bond acceptors (Lipinski definition) is 3. The van der Waals surface area contributed by atoms with Gasteiger partial charge in [-0.15, -0.1) is 0 Å². The zero-order valence-corrected chi connectivity index (χ0v) is 14.3. The fourth-order valence-electron chi connectivity index (χ4n) is 3.37. The Hall–Kier alpha value is -2.82. The van der Waals surface area contributed by atoms with Crippen molar-refractivity contribution < 1.29 is 9.53 Å². The predicted molar refractivity (Wildman–Crippen MR) is 95.6 cm³/mol. The molecule has 1 aliphatic heterocycles. The second kappa shape index (κ2) is 6.59. The molecule has 128 valence electrons. The highest BCUT2D eigenvalue weighted by molar-refractivity contribution is 5.78. The van der Waals surface area contributed by atoms with Crippen molar-refractivity contribution >= 4 is 11.6 Å². The Morgan fingerprint density at radius 1 is 1.28 bits per heavy atom. The van der Waals surface area contributed by atoms with E-state index in [0.29, 0.717) is 12.8 Å². The van der Waals surface area contributed by atoms with E-state index in [4.69, 9.17) is 4.74 Å². The van der Waals surface area contributed by atoms with Crippen LogP contribution in [-0.4, -0.2) is 33.8 Å². The molecule has 4 rings (SSSR count). The lowest BCUT2D eigenvalue weighted by Gasteiger charge is -2.41. The number of aryl methyl sites for hydroxylation is 1. The van der Waals surface area contributed by atoms with E-state index >= 15 is 0 Å². The van der Waals surface area contributed by atoms with Gasteiger partial charge in [-0.05, 0) is 42.7 Å². The first-order chi connectivity index (χ1) is 12.2. The van der Waals surface area contributed by atoms with E-state index in [1.165, 1.54) is 0 Å². The average molecular weight is 335 g/mol. The third-order valence-electron chi connectivity index (χ3n) is 4.83. The third kappa shape index (κ3) is 3.09. The van der Waals surface area contributed by atoms with E-state index in [1.54, 1.807) is 7.11 Å². The standard InChI is InChI=1S/C20H21N3O2/c1-25-17-6-4-5-15(13-17)18-10-12-23(18)20(24)9-8-16-14-22-11-3-2-7-19(22)21-16/h2-7,11,13-14,18H,8-10,12H2,1H3/t18-/m1/s1. The number of hydrogen-bond donors (Lipinski definition) is 0. The summed E-state index contributed by atoms with van der Waals surface area (Å²) in [6.07, 6.45) is 6.14. The molecule has 5 heteroatoms. The van der Waals surface area contributed by atoms with Gasteiger partial charge in [-0.2, -0.15) is 0 Å². The second-order valence-corrected chi connectivity index (χ2v) is 6.37. The van der Waals surface area contributed by atoms with Gasteiger partial charge in [-0.3, -0.25) is 4.79 Å². The summed E-state index contributed by atoms with van der Waals surface area (Å²) in [6, 6.07) is 14.1. The maximum absolute atomic E-state index is 12.6. The van der Waals surface area contributed by atoms with Crippen LogP contribution in [0.5, 0.6) is 5.75 Å². The minimum absolute atomic E-state index is 0.170. The molecule has 0 radical (unpaired) electrons. The molecule has 0 bridgehead atoms. The number of imidazole rings is 1. The molecule has 3 aromatic rings. The van der Waals surface area contributed by atoms with Crippen molar-refractivity contribution in [2.45, 2.75) is 25.3 Å². The minimum atomic E-state index is 0.170. The normalized spacial score (nSPS) is 16.7. The second-order valence-electron chi connectivity index (χ2n) is 6.37. The van der Waals surface area contributed by atoms with E-state index < -0.39 is 0 Å². The van der Waals surface area contributed by atoms with Gasteiger partial charge < -0.3 is 14.0 Å². The summed E-state index contributed by atoms with van der Waals surface area (Å²) in [5.74, 6) is 1.03. The Bertz CT molecular complexity index is 870. The number of nitrogens with zero attached hydrogens (tertiary/aromatic N) is 3. The van der Waals surface area contributed by atoms with Gasteiger partial charge in [0, 0.05) is 25.4 Å². The van der Waals surface area contributed by atoms with Gasteiger partial charge >= 0.3 is 0 Å². The summed E-state index contributed by atoms with van der Waals surface area (Å²) >= 11 is 0. The average Bonchev–Trinajstić information content (AvgIpc) is 3.02. The van der Waals surface area contributed by atoms with Crippen LogP contribution in [0, 0.1) is 0 Å². The number of fused-ring (bicyclic) bond motifs is 1. The summed E-state index contributed by atoms with van der Waals surface area (Å²) in [6.45, 7) is 0.825. The summed E-state index contributed by atoms with van der Waals surface area (Å²) in [5.41, 5.74) is 3.02. The molecule has 0 spiro atoms. The molecule has 1 amide bonds. The quantitative estimate of drug-likeness (QED) is 0.719. The van der Waals surface area contributed by atoms with Crippen molar-refractivity contribution in [1.29, 1.82) is 0 Å². The van der Waals surface area contributed by atoms with Gasteiger partial charge in [0.1, 0.15) is 11.4 Å². The lowest BCUT2D eigenvalue weighted by Crippen LogP contribution is -2.45. The molecular weight excluding hydrogens is 314 g/mol. The maximum Gasteiger partial charge on any atom is 0.223 e. The molecule has 25 heavy (non-hydrogen) atoms. The number of benzene rings is 1. The molecule has 2 aromatic heterocycles. The Morgan fingerprint density at radius 2 is 2.20 bits per heavy atom. The lowest BCUT2D eigenvalue weighted by atomic mass is 9.94. The number of carbonyl (C=O) groups is 1. The number of methoxy groups -OCH3 is 1. The number of aromatic nitrogens is 2. The summed E-state index contributed by atoms with van der Waals surface area (Å²) in [5, 5.41) is 0. The van der Waals surface area contributed by atoms with Crippen molar-refractivity contribution in [2.75, 3.05) is 13.7 Å². The van der Waals surface area contributed by atoms with E-state index in [2.05, 4.69) is 11.1 Å². The van der Waals surface area contributed by atoms with E-state index in [1.807, 2.05) is 58.1 Å². The van der Waals surface area contributed by atoms with Crippen LogP contribution >= 0.6 is 0 Å². The molecule has 0 unspecified atom stereocenters. The molecule has 1 fully saturated rings. The Balaban J connectivity index is 1.40. The number of rotatable bonds is 5. The van der Waals surface area contributed by atoms with Crippen molar-refractivity contribution in [3.8, 4) is 5.75 Å². The van der Waals surface area contributed by atoms with E-state index in [-0.39, 0.29) is 11.9 Å². The van der Waals surface area contributed by atoms with Crippen molar-refractivity contribution in [1.82, 2.24) is 14.3 Å². The Labute approximate surface area is 146 Å². The molecule has 1 aliphatic rings. The maximum atomic E-state index is 12.6. The fraction of sp³-hybridized carbons (Fsp3) is 0.300. The van der Waals surface area contributed by atoms with Crippen LogP contribution in [0.2, 0.25) is 0 Å². The predicted octanol–water partition coefficient (Wildman–Crippen LogP) is 3.25. The highest BCUT2D eigenvalue weighted by atomic mass is 16.5. The van der Waals surface area contributed by atoms with Gasteiger partial charge in [-0.25, -0.2) is 4.98 Å². The fourth-order valence-corrected chi connectivity index (χ4v) is 3.37. The van der Waals surface area contributed by atoms with Gasteiger partial charge in [0.25, 0.3) is 0 Å². The molecule has 1 atom stereocenters. The lowest BCUT2D eigenvalue weighted by molar-refractivity contribution is -0.139. The summed E-state index contributed by atoms with van der Waals surface area (Å²) in [7, 11) is 1.66. The van der Waals surface area contributed by atoms with Crippen molar-refractivity contribution in [2.24, 2.45) is 0 Å². The van der Waals surface area contributed by atoms with Crippen LogP contribution in [-0.2, 0) is 11.2 Å². The molecule has 3 heterocycles. The topological polar surface area (TPSA) is 46.8 Å². The van der Waals surface area contributed by atoms with Crippen molar-refractivity contribution in [3.05, 3.63) is 66.1 Å². The number of amides is 1. The Morgan fingerprint density at radius 3 is 2.96 bits per heavy atom. The van der Waals surface area contributed by atoms with Crippen LogP contribution in [0.3, 0.4) is 0 Å². The number of likely N-dealkylation sites (tertiary alicyclic amines) is 1. The zero-order valence-electron chi connectivity index (χ0n) is 14.3. The van der Waals surface area contributed by atoms with Gasteiger partial charge in [-0.1, -0.05) is 18.2 Å². The number of pyridine rings is 1. The van der Waals surface area contributed by atoms with Crippen LogP contribution in [0.25, 0.3) is 5.65 Å². The smallest absolute Gasteiger partial charge is 0.223 e. The van der Waals surface area contributed by atoms with Gasteiger partial charge in [0.15, 0.2) is 0 Å². The zero-order chi connectivity index (χ0) is 17.2. The van der Waals surface area contributed by atoms with Crippen LogP contribution in [0.1, 0.15) is 30.1 Å². The molecular formula is C20H21N3O2. The summed E-state index contributed by atoms with van der Waals surface area (Å²) < 4.78 is 7.28. The van der Waals surface area contributed by atoms with E-state index in [0.717, 1.165) is 35.6 Å². The molecule has 0 aliphatic carbocycles. The number of carbonyl (C=O) groups excluding carboxylic acids is 1. The van der Waals surface area contributed by atoms with Crippen LogP contribution < -0.4 is 4.74 Å². The van der Waals surface area contributed by atoms with Gasteiger partial charge in [0.2, 0.25) is 5.91 Å². The molecule has 0 saturated carbocycles.